The fourth-order valence-corrected chi connectivity index (χ4v) is 5.42. The molecular formula is C31H29F3N2O. The Morgan fingerprint density at radius 2 is 1.68 bits per heavy atom. The van der Waals surface area contributed by atoms with Crippen molar-refractivity contribution in [1.29, 1.82) is 0 Å². The van der Waals surface area contributed by atoms with Gasteiger partial charge in [0.2, 0.25) is 0 Å². The van der Waals surface area contributed by atoms with Crippen LogP contribution in [0.4, 0.5) is 18.9 Å². The number of alkyl halides is 3. The molecule has 3 nitrogen and oxygen atoms in total. The fraction of sp³-hybridized carbons (Fsp3) is 0.290. The molecule has 190 valence electrons. The molecule has 0 saturated heterocycles. The number of aromatic nitrogens is 1. The second-order valence-electron chi connectivity index (χ2n) is 10.5. The van der Waals surface area contributed by atoms with Gasteiger partial charge in [-0.2, -0.15) is 13.2 Å². The van der Waals surface area contributed by atoms with E-state index in [4.69, 9.17) is 0 Å². The van der Waals surface area contributed by atoms with Crippen LogP contribution in [0, 0.1) is 25.7 Å². The fourth-order valence-electron chi connectivity index (χ4n) is 5.42. The third-order valence-corrected chi connectivity index (χ3v) is 7.41. The summed E-state index contributed by atoms with van der Waals surface area (Å²) in [5, 5.41) is 15.8. The number of hydrogen-bond acceptors (Lipinski definition) is 2. The van der Waals surface area contributed by atoms with E-state index in [1.807, 2.05) is 52.9 Å². The molecule has 3 N–H and O–H groups in total. The first-order valence-electron chi connectivity index (χ1n) is 12.3. The molecule has 0 bridgehead atoms. The quantitative estimate of drug-likeness (QED) is 0.236. The molecule has 3 aromatic carbocycles. The van der Waals surface area contributed by atoms with Gasteiger partial charge in [-0.3, -0.25) is 0 Å². The minimum Gasteiger partial charge on any atom is -0.390 e. The van der Waals surface area contributed by atoms with E-state index in [2.05, 4.69) is 34.3 Å². The van der Waals surface area contributed by atoms with Crippen molar-refractivity contribution in [2.24, 2.45) is 0 Å². The topological polar surface area (TPSA) is 48.0 Å². The zero-order chi connectivity index (χ0) is 26.7. The van der Waals surface area contributed by atoms with Gasteiger partial charge in [-0.1, -0.05) is 43.0 Å². The average molecular weight is 503 g/mol. The zero-order valence-electron chi connectivity index (χ0n) is 21.4. The van der Waals surface area contributed by atoms with E-state index in [0.717, 1.165) is 56.5 Å². The lowest BCUT2D eigenvalue weighted by Crippen LogP contribution is -2.50. The molecule has 2 heterocycles. The van der Waals surface area contributed by atoms with Crippen LogP contribution in [0.3, 0.4) is 0 Å². The number of aromatic amines is 1. The lowest BCUT2D eigenvalue weighted by Gasteiger charge is -2.43. The third-order valence-electron chi connectivity index (χ3n) is 7.41. The maximum Gasteiger partial charge on any atom is 0.416 e. The largest absolute Gasteiger partial charge is 0.416 e. The molecule has 1 aliphatic heterocycles. The number of para-hydroxylation sites is 1. The second kappa shape index (κ2) is 8.71. The Balaban J connectivity index is 1.80. The molecule has 2 atom stereocenters. The number of H-pyrrole nitrogens is 1. The van der Waals surface area contributed by atoms with Crippen LogP contribution in [-0.4, -0.2) is 21.7 Å². The Kier molecular flexibility index (Phi) is 5.88. The van der Waals surface area contributed by atoms with Gasteiger partial charge in [0, 0.05) is 45.4 Å². The molecule has 0 saturated carbocycles. The van der Waals surface area contributed by atoms with E-state index in [1.165, 1.54) is 6.07 Å². The minimum atomic E-state index is -4.44. The number of rotatable bonds is 1. The summed E-state index contributed by atoms with van der Waals surface area (Å²) < 4.78 is 39.9. The first-order chi connectivity index (χ1) is 17.4. The first kappa shape index (κ1) is 25.0. The lowest BCUT2D eigenvalue weighted by molar-refractivity contribution is -0.137. The van der Waals surface area contributed by atoms with Crippen LogP contribution in [0.2, 0.25) is 0 Å². The molecule has 0 fully saturated rings. The van der Waals surface area contributed by atoms with E-state index in [1.54, 1.807) is 6.07 Å². The van der Waals surface area contributed by atoms with Crippen molar-refractivity contribution in [2.75, 3.05) is 5.32 Å². The lowest BCUT2D eigenvalue weighted by atomic mass is 9.75. The number of fused-ring (bicyclic) bond motifs is 2. The van der Waals surface area contributed by atoms with Crippen molar-refractivity contribution >= 4 is 16.6 Å². The van der Waals surface area contributed by atoms with Crippen LogP contribution in [0.15, 0.2) is 54.7 Å². The van der Waals surface area contributed by atoms with Crippen LogP contribution >= 0.6 is 0 Å². The molecule has 0 amide bonds. The van der Waals surface area contributed by atoms with Gasteiger partial charge in [0.15, 0.2) is 0 Å². The number of hydrogen-bond donors (Lipinski definition) is 3. The highest BCUT2D eigenvalue weighted by atomic mass is 19.4. The average Bonchev–Trinajstić information content (AvgIpc) is 3.23. The summed E-state index contributed by atoms with van der Waals surface area (Å²) in [4.78, 5) is 3.37. The molecule has 37 heavy (non-hydrogen) atoms. The summed E-state index contributed by atoms with van der Waals surface area (Å²) in [6, 6.07) is 13.2. The number of aryl methyl sites for hydroxylation is 2. The normalized spacial score (nSPS) is 18.6. The van der Waals surface area contributed by atoms with Gasteiger partial charge in [0.05, 0.1) is 22.7 Å². The number of aliphatic hydroxyl groups excluding tert-OH is 1. The summed E-state index contributed by atoms with van der Waals surface area (Å²) >= 11 is 0. The van der Waals surface area contributed by atoms with Gasteiger partial charge in [-0.05, 0) is 68.7 Å². The first-order valence-corrected chi connectivity index (χ1v) is 12.3. The summed E-state index contributed by atoms with van der Waals surface area (Å²) in [5.74, 6) is 5.97. The molecule has 0 spiro atoms. The van der Waals surface area contributed by atoms with Crippen LogP contribution in [-0.2, 0) is 6.18 Å². The Morgan fingerprint density at radius 1 is 0.946 bits per heavy atom. The predicted molar refractivity (Wildman–Crippen MR) is 143 cm³/mol. The Hall–Kier alpha value is -3.69. The molecule has 0 radical (unpaired) electrons. The van der Waals surface area contributed by atoms with Crippen LogP contribution < -0.4 is 5.32 Å². The van der Waals surface area contributed by atoms with E-state index in [9.17, 15) is 18.3 Å². The van der Waals surface area contributed by atoms with E-state index in [-0.39, 0.29) is 11.5 Å². The highest BCUT2D eigenvalue weighted by Crippen LogP contribution is 2.46. The molecule has 4 aromatic rings. The van der Waals surface area contributed by atoms with Crippen molar-refractivity contribution in [1.82, 2.24) is 4.98 Å². The highest BCUT2D eigenvalue weighted by Gasteiger charge is 2.41. The molecule has 0 unspecified atom stereocenters. The molecular weight excluding hydrogens is 473 g/mol. The second-order valence-corrected chi connectivity index (χ2v) is 10.5. The van der Waals surface area contributed by atoms with Crippen LogP contribution in [0.1, 0.15) is 60.1 Å². The van der Waals surface area contributed by atoms with Crippen molar-refractivity contribution in [3.63, 3.8) is 0 Å². The number of nitrogens with one attached hydrogen (secondary N) is 2. The molecule has 1 aromatic heterocycles. The van der Waals surface area contributed by atoms with Gasteiger partial charge < -0.3 is 15.4 Å². The SMILES string of the molecule is Cc1cc(-c2cccc3c(C)c[nH]c23)c(C#Cc2cccc(C(F)(F)F)c2)c2c1NC(C)(C)[C@H](O)[C@H]2C. The van der Waals surface area contributed by atoms with E-state index in [0.29, 0.717) is 5.56 Å². The van der Waals surface area contributed by atoms with Crippen molar-refractivity contribution in [2.45, 2.75) is 58.4 Å². The van der Waals surface area contributed by atoms with Gasteiger partial charge in [0.25, 0.3) is 0 Å². The number of aliphatic hydroxyl groups is 1. The van der Waals surface area contributed by atoms with Crippen molar-refractivity contribution in [3.05, 3.63) is 88.1 Å². The summed E-state index contributed by atoms with van der Waals surface area (Å²) in [5.41, 5.74) is 6.42. The molecule has 1 aliphatic rings. The van der Waals surface area contributed by atoms with Gasteiger partial charge >= 0.3 is 6.18 Å². The number of anilines is 1. The summed E-state index contributed by atoms with van der Waals surface area (Å²) in [6.07, 6.45) is -3.17. The highest BCUT2D eigenvalue weighted by molar-refractivity contribution is 5.98. The monoisotopic (exact) mass is 502 g/mol. The van der Waals surface area contributed by atoms with E-state index < -0.39 is 23.4 Å². The van der Waals surface area contributed by atoms with Gasteiger partial charge in [-0.15, -0.1) is 0 Å². The van der Waals surface area contributed by atoms with Crippen LogP contribution in [0.5, 0.6) is 0 Å². The Labute approximate surface area is 214 Å². The predicted octanol–water partition coefficient (Wildman–Crippen LogP) is 7.54. The summed E-state index contributed by atoms with van der Waals surface area (Å²) in [6.45, 7) is 9.96. The standard InChI is InChI=1S/C31H29F3N2O/c1-17-14-25(24-11-7-10-22-18(2)16-35-28(22)24)23(26-19(3)29(37)30(4,5)36-27(17)26)13-12-20-8-6-9-21(15-20)31(32,33)34/h6-11,14-16,19,29,35-37H,1-5H3/t19-,29+/m0/s1. The van der Waals surface area contributed by atoms with E-state index >= 15 is 0 Å². The molecule has 0 aliphatic carbocycles. The molecule has 5 rings (SSSR count). The van der Waals surface area contributed by atoms with Crippen LogP contribution in [0.25, 0.3) is 22.0 Å². The smallest absolute Gasteiger partial charge is 0.390 e. The Morgan fingerprint density at radius 3 is 2.41 bits per heavy atom. The minimum absolute atomic E-state index is 0.250. The maximum atomic E-state index is 13.3. The molecule has 6 heteroatoms. The van der Waals surface area contributed by atoms with Crippen molar-refractivity contribution < 1.29 is 18.3 Å². The van der Waals surface area contributed by atoms with Gasteiger partial charge in [0.1, 0.15) is 0 Å². The number of benzene rings is 3. The Bertz CT molecular complexity index is 1580. The zero-order valence-corrected chi connectivity index (χ0v) is 21.4. The van der Waals surface area contributed by atoms with Crippen molar-refractivity contribution in [3.8, 4) is 23.0 Å². The maximum absolute atomic E-state index is 13.3. The number of halogens is 3. The van der Waals surface area contributed by atoms with Gasteiger partial charge in [-0.25, -0.2) is 0 Å². The summed E-state index contributed by atoms with van der Waals surface area (Å²) in [7, 11) is 0. The third kappa shape index (κ3) is 4.28.